The van der Waals surface area contributed by atoms with Crippen LogP contribution in [0.2, 0.25) is 0 Å². The van der Waals surface area contributed by atoms with E-state index >= 15 is 0 Å². The number of allylic oxidation sites excluding steroid dienone is 4. The van der Waals surface area contributed by atoms with Crippen LogP contribution in [0.5, 0.6) is 0 Å². The number of nitrogens with zero attached hydrogens (tertiary/aromatic N) is 4. The average Bonchev–Trinajstić information content (AvgIpc) is 3.01. The predicted octanol–water partition coefficient (Wildman–Crippen LogP) is 4.71. The van der Waals surface area contributed by atoms with E-state index in [9.17, 15) is 33.2 Å². The highest BCUT2D eigenvalue weighted by Gasteiger charge is 2.42. The maximum absolute atomic E-state index is 13.4. The average molecular weight is 593 g/mol. The smallest absolute Gasteiger partial charge is 0.422 e. The van der Waals surface area contributed by atoms with Gasteiger partial charge in [-0.3, -0.25) is 19.8 Å². The molecule has 5 rings (SSSR count). The Morgan fingerprint density at radius 3 is 2.33 bits per heavy atom. The first-order chi connectivity index (χ1) is 20.1. The van der Waals surface area contributed by atoms with Crippen LogP contribution in [0.3, 0.4) is 0 Å². The molecule has 42 heavy (non-hydrogen) atoms. The molecule has 2 heterocycles. The van der Waals surface area contributed by atoms with Crippen LogP contribution in [0, 0.1) is 22.0 Å². The Morgan fingerprint density at radius 2 is 1.69 bits per heavy atom. The van der Waals surface area contributed by atoms with Gasteiger partial charge in [0.25, 0.3) is 5.70 Å². The van der Waals surface area contributed by atoms with Crippen molar-refractivity contribution in [3.05, 3.63) is 63.6 Å². The van der Waals surface area contributed by atoms with Gasteiger partial charge in [0.15, 0.2) is 0 Å². The van der Waals surface area contributed by atoms with Crippen molar-refractivity contribution in [1.29, 1.82) is 0 Å². The first-order valence-corrected chi connectivity index (χ1v) is 14.9. The summed E-state index contributed by atoms with van der Waals surface area (Å²) in [5.74, 6) is 0.0676. The number of likely N-dealkylation sites (tertiary alicyclic amines) is 1. The molecule has 3 fully saturated rings. The van der Waals surface area contributed by atoms with Gasteiger partial charge in [-0.25, -0.2) is 0 Å². The molecule has 0 bridgehead atoms. The Hall–Kier alpha value is -3.12. The molecular formula is C30H39F3N4O5. The molecule has 12 heteroatoms. The summed E-state index contributed by atoms with van der Waals surface area (Å²) in [5.41, 5.74) is -0.902. The van der Waals surface area contributed by atoms with E-state index in [1.807, 2.05) is 23.1 Å². The number of hydrogen-bond donors (Lipinski definition) is 1. The van der Waals surface area contributed by atoms with Gasteiger partial charge in [-0.05, 0) is 43.4 Å². The van der Waals surface area contributed by atoms with E-state index in [1.54, 1.807) is 0 Å². The highest BCUT2D eigenvalue weighted by atomic mass is 19.4. The van der Waals surface area contributed by atoms with E-state index in [2.05, 4.69) is 21.9 Å². The fraction of sp³-hybridized carbons (Fsp3) is 0.633. The number of carbonyl (C=O) groups is 1. The number of piperidine rings is 1. The van der Waals surface area contributed by atoms with Crippen molar-refractivity contribution in [1.82, 2.24) is 9.80 Å². The molecule has 0 radical (unpaired) electrons. The molecule has 1 saturated carbocycles. The van der Waals surface area contributed by atoms with E-state index in [0.29, 0.717) is 32.4 Å². The first-order valence-electron chi connectivity index (χ1n) is 14.9. The number of halogens is 3. The molecule has 2 saturated heterocycles. The lowest BCUT2D eigenvalue weighted by atomic mass is 9.79. The predicted molar refractivity (Wildman–Crippen MR) is 150 cm³/mol. The normalized spacial score (nSPS) is 25.7. The van der Waals surface area contributed by atoms with Crippen molar-refractivity contribution in [2.45, 2.75) is 69.9 Å². The number of anilines is 1. The second kappa shape index (κ2) is 13.0. The Balaban J connectivity index is 1.09. The number of alkyl halides is 3. The van der Waals surface area contributed by atoms with Crippen LogP contribution >= 0.6 is 0 Å². The monoisotopic (exact) mass is 592 g/mol. The molecule has 1 unspecified atom stereocenters. The summed E-state index contributed by atoms with van der Waals surface area (Å²) in [7, 11) is 0. The van der Waals surface area contributed by atoms with Crippen LogP contribution in [-0.4, -0.2) is 83.5 Å². The zero-order chi connectivity index (χ0) is 29.9. The van der Waals surface area contributed by atoms with Crippen LogP contribution in [0.4, 0.5) is 18.9 Å². The zero-order valence-corrected chi connectivity index (χ0v) is 23.7. The maximum atomic E-state index is 13.4. The number of aliphatic hydroxyl groups excluding tert-OH is 1. The summed E-state index contributed by atoms with van der Waals surface area (Å²) in [6.45, 7) is 4.11. The molecule has 0 aromatic heterocycles. The topological polar surface area (TPSA) is 99.4 Å². The molecule has 1 aromatic rings. The third-order valence-corrected chi connectivity index (χ3v) is 9.12. The SMILES string of the molecule is O=C([C@H]1CCC[C@@H](C(O)N2CCN(c3ccccc3)CC2)C1)N1CCC(OC2=CC(C(F)(F)F)=C([N+](=O)[O-])CC2)CC1. The van der Waals surface area contributed by atoms with Crippen molar-refractivity contribution in [3.8, 4) is 0 Å². The number of nitro groups is 1. The van der Waals surface area contributed by atoms with Crippen LogP contribution in [0.1, 0.15) is 51.4 Å². The minimum absolute atomic E-state index is 0.0371. The van der Waals surface area contributed by atoms with E-state index in [0.717, 1.165) is 51.5 Å². The molecule has 2 aliphatic carbocycles. The molecule has 1 N–H and O–H groups in total. The summed E-state index contributed by atoms with van der Waals surface area (Å²) < 4.78 is 45.9. The zero-order valence-electron chi connectivity index (χ0n) is 23.7. The number of hydrogen-bond acceptors (Lipinski definition) is 7. The lowest BCUT2D eigenvalue weighted by Gasteiger charge is -2.43. The molecule has 1 amide bonds. The fourth-order valence-corrected chi connectivity index (χ4v) is 6.79. The van der Waals surface area contributed by atoms with Crippen molar-refractivity contribution >= 4 is 11.6 Å². The van der Waals surface area contributed by atoms with Gasteiger partial charge in [-0.15, -0.1) is 0 Å². The Labute approximate surface area is 243 Å². The quantitative estimate of drug-likeness (QED) is 0.362. The molecule has 9 nitrogen and oxygen atoms in total. The standard InChI is InChI=1S/C30H39F3N4O5/c31-30(32,33)26-20-25(9-10-27(26)37(40)41)42-24-11-13-35(14-12-24)28(38)21-5-4-6-22(19-21)29(39)36-17-15-34(16-18-36)23-7-2-1-3-8-23/h1-3,7-8,20-22,24,29,39H,4-6,9-19H2/t21-,22+,29?/m0/s1. The summed E-state index contributed by atoms with van der Waals surface area (Å²) in [6, 6.07) is 10.3. The molecule has 2 aliphatic heterocycles. The Bertz CT molecular complexity index is 1180. The number of para-hydroxylation sites is 1. The van der Waals surface area contributed by atoms with Gasteiger partial charge >= 0.3 is 6.18 Å². The lowest BCUT2D eigenvalue weighted by Crippen LogP contribution is -2.53. The third kappa shape index (κ3) is 7.08. The minimum atomic E-state index is -4.82. The van der Waals surface area contributed by atoms with Gasteiger partial charge in [0, 0.05) is 76.6 Å². The summed E-state index contributed by atoms with van der Waals surface area (Å²) in [6.07, 6.45) is -1.09. The van der Waals surface area contributed by atoms with E-state index < -0.39 is 28.6 Å². The number of carbonyl (C=O) groups excluding carboxylic acids is 1. The van der Waals surface area contributed by atoms with E-state index in [4.69, 9.17) is 4.74 Å². The van der Waals surface area contributed by atoms with Gasteiger partial charge < -0.3 is 19.6 Å². The largest absolute Gasteiger partial charge is 0.495 e. The number of amides is 1. The molecule has 4 aliphatic rings. The Morgan fingerprint density at radius 1 is 1.00 bits per heavy atom. The van der Waals surface area contributed by atoms with Crippen molar-refractivity contribution in [2.75, 3.05) is 44.2 Å². The summed E-state index contributed by atoms with van der Waals surface area (Å²) in [4.78, 5) is 29.8. The summed E-state index contributed by atoms with van der Waals surface area (Å²) in [5, 5.41) is 22.3. The highest BCUT2D eigenvalue weighted by molar-refractivity contribution is 5.79. The van der Waals surface area contributed by atoms with Crippen LogP contribution < -0.4 is 4.90 Å². The Kier molecular flexibility index (Phi) is 9.41. The van der Waals surface area contributed by atoms with Gasteiger partial charge in [0.1, 0.15) is 17.9 Å². The minimum Gasteiger partial charge on any atom is -0.495 e. The highest BCUT2D eigenvalue weighted by Crippen LogP contribution is 2.38. The van der Waals surface area contributed by atoms with Gasteiger partial charge in [0.05, 0.1) is 10.7 Å². The molecule has 3 atom stereocenters. The third-order valence-electron chi connectivity index (χ3n) is 9.12. The van der Waals surface area contributed by atoms with Crippen LogP contribution in [0.15, 0.2) is 53.4 Å². The van der Waals surface area contributed by atoms with Crippen molar-refractivity contribution in [2.24, 2.45) is 11.8 Å². The van der Waals surface area contributed by atoms with E-state index in [1.165, 1.54) is 5.69 Å². The van der Waals surface area contributed by atoms with Gasteiger partial charge in [-0.1, -0.05) is 24.6 Å². The number of benzene rings is 1. The number of rotatable bonds is 7. The van der Waals surface area contributed by atoms with Crippen molar-refractivity contribution in [3.63, 3.8) is 0 Å². The van der Waals surface area contributed by atoms with Crippen molar-refractivity contribution < 1.29 is 32.7 Å². The molecule has 1 aromatic carbocycles. The van der Waals surface area contributed by atoms with E-state index in [-0.39, 0.29) is 42.4 Å². The summed E-state index contributed by atoms with van der Waals surface area (Å²) >= 11 is 0. The van der Waals surface area contributed by atoms with Crippen LogP contribution in [-0.2, 0) is 9.53 Å². The second-order valence-corrected chi connectivity index (χ2v) is 11.8. The number of ether oxygens (including phenoxy) is 1. The van der Waals surface area contributed by atoms with Crippen LogP contribution in [0.25, 0.3) is 0 Å². The number of piperazine rings is 1. The maximum Gasteiger partial charge on any atom is 0.422 e. The molecular weight excluding hydrogens is 553 g/mol. The number of aliphatic hydroxyl groups is 1. The van der Waals surface area contributed by atoms with Gasteiger partial charge in [0.2, 0.25) is 5.91 Å². The van der Waals surface area contributed by atoms with Gasteiger partial charge in [-0.2, -0.15) is 13.2 Å². The first kappa shape index (κ1) is 30.3. The second-order valence-electron chi connectivity index (χ2n) is 11.8. The molecule has 230 valence electrons. The lowest BCUT2D eigenvalue weighted by molar-refractivity contribution is -0.431. The fourth-order valence-electron chi connectivity index (χ4n) is 6.79. The molecule has 0 spiro atoms.